The standard InChI is InChI=1S/C29H31N3O5S2/c1-5-7-18-36-21-12-8-19(9-13-21)25-27(37-22-14-10-20(11-15-22)29(3,4)6-2)39-28(30-25)31-26(33)23-16-17-24(38-23)32(34)35/h8-17H,5-7,18H2,1-4H3,(H,30,31,33). The highest BCUT2D eigenvalue weighted by molar-refractivity contribution is 7.19. The van der Waals surface area contributed by atoms with Crippen molar-refractivity contribution in [3.05, 3.63) is 81.2 Å². The highest BCUT2D eigenvalue weighted by Gasteiger charge is 2.21. The topological polar surface area (TPSA) is 104 Å². The van der Waals surface area contributed by atoms with Crippen LogP contribution in [-0.2, 0) is 5.41 Å². The van der Waals surface area contributed by atoms with Crippen LogP contribution in [0.1, 0.15) is 62.2 Å². The first-order valence-corrected chi connectivity index (χ1v) is 14.4. The van der Waals surface area contributed by atoms with Gasteiger partial charge in [0.2, 0.25) is 5.06 Å². The molecule has 1 N–H and O–H groups in total. The second-order valence-electron chi connectivity index (χ2n) is 9.59. The monoisotopic (exact) mass is 565 g/mol. The molecule has 2 aromatic heterocycles. The van der Waals surface area contributed by atoms with Gasteiger partial charge < -0.3 is 9.47 Å². The van der Waals surface area contributed by atoms with Crippen LogP contribution in [0.25, 0.3) is 11.3 Å². The molecule has 0 spiro atoms. The molecule has 0 aliphatic heterocycles. The molecule has 0 radical (unpaired) electrons. The number of anilines is 1. The van der Waals surface area contributed by atoms with E-state index in [-0.39, 0.29) is 15.3 Å². The van der Waals surface area contributed by atoms with Crippen LogP contribution in [0.3, 0.4) is 0 Å². The Morgan fingerprint density at radius 1 is 1.00 bits per heavy atom. The quantitative estimate of drug-likeness (QED) is 0.105. The van der Waals surface area contributed by atoms with E-state index >= 15 is 0 Å². The molecular formula is C29H31N3O5S2. The summed E-state index contributed by atoms with van der Waals surface area (Å²) in [6, 6.07) is 18.3. The number of nitrogens with zero attached hydrogens (tertiary/aromatic N) is 2. The van der Waals surface area contributed by atoms with E-state index in [2.05, 4.69) is 50.1 Å². The number of ether oxygens (including phenoxy) is 2. The molecule has 0 atom stereocenters. The van der Waals surface area contributed by atoms with Gasteiger partial charge in [-0.25, -0.2) is 4.98 Å². The van der Waals surface area contributed by atoms with Gasteiger partial charge in [-0.05, 0) is 66.3 Å². The molecule has 0 saturated carbocycles. The molecule has 204 valence electrons. The predicted octanol–water partition coefficient (Wildman–Crippen LogP) is 8.69. The van der Waals surface area contributed by atoms with Gasteiger partial charge >= 0.3 is 5.00 Å². The third kappa shape index (κ3) is 7.01. The molecule has 2 heterocycles. The van der Waals surface area contributed by atoms with Crippen LogP contribution in [0.5, 0.6) is 16.6 Å². The first kappa shape index (κ1) is 28.3. The number of hydrogen-bond donors (Lipinski definition) is 1. The minimum absolute atomic E-state index is 0.0590. The van der Waals surface area contributed by atoms with Gasteiger partial charge in [-0.1, -0.05) is 68.9 Å². The average molecular weight is 566 g/mol. The lowest BCUT2D eigenvalue weighted by atomic mass is 9.82. The number of nitrogens with one attached hydrogen (secondary N) is 1. The van der Waals surface area contributed by atoms with Crippen LogP contribution in [0.4, 0.5) is 10.1 Å². The zero-order valence-electron chi connectivity index (χ0n) is 22.4. The molecule has 4 aromatic rings. The van der Waals surface area contributed by atoms with Gasteiger partial charge in [0, 0.05) is 11.6 Å². The highest BCUT2D eigenvalue weighted by atomic mass is 32.1. The van der Waals surface area contributed by atoms with Crippen molar-refractivity contribution in [1.29, 1.82) is 0 Å². The molecule has 0 aliphatic carbocycles. The maximum Gasteiger partial charge on any atom is 0.324 e. The van der Waals surface area contributed by atoms with Gasteiger partial charge in [-0.3, -0.25) is 20.2 Å². The summed E-state index contributed by atoms with van der Waals surface area (Å²) in [6.07, 6.45) is 3.05. The van der Waals surface area contributed by atoms with Crippen LogP contribution >= 0.6 is 22.7 Å². The van der Waals surface area contributed by atoms with Gasteiger partial charge in [-0.15, -0.1) is 0 Å². The number of nitro groups is 1. The second-order valence-corrected chi connectivity index (χ2v) is 11.6. The maximum atomic E-state index is 12.8. The van der Waals surface area contributed by atoms with Crippen molar-refractivity contribution in [2.24, 2.45) is 0 Å². The minimum Gasteiger partial charge on any atom is -0.494 e. The normalized spacial score (nSPS) is 11.3. The van der Waals surface area contributed by atoms with Gasteiger partial charge in [0.05, 0.1) is 16.4 Å². The summed E-state index contributed by atoms with van der Waals surface area (Å²) in [5.41, 5.74) is 2.66. The van der Waals surface area contributed by atoms with E-state index in [1.54, 1.807) is 0 Å². The largest absolute Gasteiger partial charge is 0.494 e. The summed E-state index contributed by atoms with van der Waals surface area (Å²) in [4.78, 5) is 28.2. The number of carbonyl (C=O) groups excluding carboxylic acids is 1. The number of aromatic nitrogens is 1. The smallest absolute Gasteiger partial charge is 0.324 e. The highest BCUT2D eigenvalue weighted by Crippen LogP contribution is 2.42. The molecular weight excluding hydrogens is 534 g/mol. The fourth-order valence-electron chi connectivity index (χ4n) is 3.65. The van der Waals surface area contributed by atoms with Crippen molar-refractivity contribution < 1.29 is 19.2 Å². The Balaban J connectivity index is 1.61. The van der Waals surface area contributed by atoms with Crippen molar-refractivity contribution in [2.45, 2.75) is 52.4 Å². The molecule has 0 bridgehead atoms. The first-order chi connectivity index (χ1) is 18.7. The van der Waals surface area contributed by atoms with E-state index in [9.17, 15) is 14.9 Å². The number of benzene rings is 2. The van der Waals surface area contributed by atoms with Crippen molar-refractivity contribution >= 4 is 38.7 Å². The van der Waals surface area contributed by atoms with Gasteiger partial charge in [0.1, 0.15) is 17.2 Å². The zero-order chi connectivity index (χ0) is 28.0. The van der Waals surface area contributed by atoms with Crippen molar-refractivity contribution in [1.82, 2.24) is 4.98 Å². The molecule has 0 aliphatic rings. The number of hydrogen-bond acceptors (Lipinski definition) is 8. The van der Waals surface area contributed by atoms with Crippen LogP contribution in [0.2, 0.25) is 0 Å². The second kappa shape index (κ2) is 12.4. The van der Waals surface area contributed by atoms with E-state index in [4.69, 9.17) is 9.47 Å². The molecule has 10 heteroatoms. The lowest BCUT2D eigenvalue weighted by Crippen LogP contribution is -2.14. The van der Waals surface area contributed by atoms with Crippen LogP contribution in [0, 0.1) is 10.1 Å². The van der Waals surface area contributed by atoms with Gasteiger partial charge in [0.25, 0.3) is 5.91 Å². The van der Waals surface area contributed by atoms with E-state index < -0.39 is 10.8 Å². The SMILES string of the molecule is CCCCOc1ccc(-c2nc(NC(=O)c3ccc([N+](=O)[O-])s3)sc2Oc2ccc(C(C)(C)CC)cc2)cc1. The first-order valence-electron chi connectivity index (χ1n) is 12.8. The average Bonchev–Trinajstić information content (AvgIpc) is 3.58. The minimum atomic E-state index is -0.516. The number of thiazole rings is 1. The number of unbranched alkanes of at least 4 members (excludes halogenated alkanes) is 1. The molecule has 1 amide bonds. The van der Waals surface area contributed by atoms with Crippen LogP contribution in [0.15, 0.2) is 60.7 Å². The summed E-state index contributed by atoms with van der Waals surface area (Å²) in [5.74, 6) is 0.958. The van der Waals surface area contributed by atoms with Crippen LogP contribution < -0.4 is 14.8 Å². The molecule has 2 aromatic carbocycles. The Bertz CT molecular complexity index is 1430. The van der Waals surface area contributed by atoms with Crippen molar-refractivity contribution in [2.75, 3.05) is 11.9 Å². The summed E-state index contributed by atoms with van der Waals surface area (Å²) in [5, 5.41) is 14.5. The Hall–Kier alpha value is -3.76. The molecule has 39 heavy (non-hydrogen) atoms. The van der Waals surface area contributed by atoms with E-state index in [1.165, 1.54) is 29.0 Å². The fourth-order valence-corrected chi connectivity index (χ4v) is 5.22. The molecule has 0 unspecified atom stereocenters. The Morgan fingerprint density at radius 3 is 2.31 bits per heavy atom. The lowest BCUT2D eigenvalue weighted by molar-refractivity contribution is -0.380. The van der Waals surface area contributed by atoms with E-state index in [1.807, 2.05) is 36.4 Å². The summed E-state index contributed by atoms with van der Waals surface area (Å²) < 4.78 is 12.0. The molecule has 8 nitrogen and oxygen atoms in total. The number of carbonyl (C=O) groups is 1. The van der Waals surface area contributed by atoms with Crippen LogP contribution in [-0.4, -0.2) is 22.4 Å². The van der Waals surface area contributed by atoms with Crippen molar-refractivity contribution in [3.63, 3.8) is 0 Å². The summed E-state index contributed by atoms with van der Waals surface area (Å²) in [7, 11) is 0. The Labute approximate surface area is 235 Å². The number of amides is 1. The predicted molar refractivity (Wildman–Crippen MR) is 157 cm³/mol. The van der Waals surface area contributed by atoms with E-state index in [0.717, 1.165) is 41.9 Å². The fraction of sp³-hybridized carbons (Fsp3) is 0.310. The lowest BCUT2D eigenvalue weighted by Gasteiger charge is -2.23. The third-order valence-electron chi connectivity index (χ3n) is 6.44. The third-order valence-corrected chi connectivity index (χ3v) is 8.32. The number of rotatable bonds is 12. The summed E-state index contributed by atoms with van der Waals surface area (Å²) in [6.45, 7) is 9.35. The number of thiophene rings is 1. The Morgan fingerprint density at radius 2 is 1.69 bits per heavy atom. The van der Waals surface area contributed by atoms with Crippen molar-refractivity contribution in [3.8, 4) is 27.8 Å². The van der Waals surface area contributed by atoms with Gasteiger partial charge in [-0.2, -0.15) is 0 Å². The maximum absolute atomic E-state index is 12.8. The molecule has 0 fully saturated rings. The Kier molecular flexibility index (Phi) is 8.98. The zero-order valence-corrected chi connectivity index (χ0v) is 24.0. The summed E-state index contributed by atoms with van der Waals surface area (Å²) >= 11 is 2.01. The molecule has 0 saturated heterocycles. The van der Waals surface area contributed by atoms with E-state index in [0.29, 0.717) is 28.2 Å². The van der Waals surface area contributed by atoms with Gasteiger partial charge in [0.15, 0.2) is 5.13 Å². The molecule has 4 rings (SSSR count).